The second-order valence-corrected chi connectivity index (χ2v) is 5.45. The van der Waals surface area contributed by atoms with Crippen molar-refractivity contribution in [3.63, 3.8) is 0 Å². The summed E-state index contributed by atoms with van der Waals surface area (Å²) in [5.41, 5.74) is 0.601. The monoisotopic (exact) mass is 318 g/mol. The molecule has 2 rings (SSSR count). The molecular weight excluding hydrogens is 300 g/mol. The molecule has 0 fully saturated rings. The fourth-order valence-electron chi connectivity index (χ4n) is 2.09. The van der Waals surface area contributed by atoms with Crippen LogP contribution in [-0.4, -0.2) is 27.5 Å². The van der Waals surface area contributed by atoms with Gasteiger partial charge in [-0.25, -0.2) is 0 Å². The van der Waals surface area contributed by atoms with Crippen molar-refractivity contribution in [2.45, 2.75) is 18.5 Å². The van der Waals surface area contributed by atoms with E-state index in [0.717, 1.165) is 0 Å². The Morgan fingerprint density at radius 1 is 1.45 bits per heavy atom. The second kappa shape index (κ2) is 7.17. The van der Waals surface area contributed by atoms with Crippen LogP contribution in [0.4, 0.5) is 0 Å². The highest BCUT2D eigenvalue weighted by atomic mass is 32.2. The number of rotatable bonds is 6. The minimum atomic E-state index is -0.286. The molecule has 0 saturated heterocycles. The van der Waals surface area contributed by atoms with E-state index in [0.29, 0.717) is 28.8 Å². The Bertz CT molecular complexity index is 741. The van der Waals surface area contributed by atoms with Crippen LogP contribution in [0.25, 0.3) is 5.69 Å². The number of aromatic hydroxyl groups is 1. The number of ether oxygens (including phenoxy) is 1. The topological polar surface area (TPSA) is 64.4 Å². The summed E-state index contributed by atoms with van der Waals surface area (Å²) in [7, 11) is 1.55. The molecule has 0 atom stereocenters. The average molecular weight is 318 g/mol. The first-order chi connectivity index (χ1) is 10.6. The summed E-state index contributed by atoms with van der Waals surface area (Å²) >= 11 is 1.33. The molecule has 0 radical (unpaired) electrons. The molecule has 0 aliphatic heterocycles. The molecule has 0 aliphatic carbocycles. The average Bonchev–Trinajstić information content (AvgIpc) is 2.53. The lowest BCUT2D eigenvalue weighted by atomic mass is 10.2. The first kappa shape index (κ1) is 16.2. The minimum Gasteiger partial charge on any atom is -0.495 e. The standard InChI is InChI=1S/C16H18N2O3S/c1-4-10-22-16-17-14(19)11(5-2)15(20)18(16)12-8-6-7-9-13(12)21-3/h4,6-9,19H,1,5,10H2,2-3H3. The Morgan fingerprint density at radius 2 is 2.18 bits per heavy atom. The summed E-state index contributed by atoms with van der Waals surface area (Å²) in [6.45, 7) is 5.47. The fourth-order valence-corrected chi connectivity index (χ4v) is 2.82. The first-order valence-corrected chi connectivity index (χ1v) is 7.84. The number of para-hydroxylation sites is 2. The van der Waals surface area contributed by atoms with Crippen molar-refractivity contribution in [1.82, 2.24) is 9.55 Å². The van der Waals surface area contributed by atoms with Crippen LogP contribution in [0.3, 0.4) is 0 Å². The Hall–Kier alpha value is -2.21. The Morgan fingerprint density at radius 3 is 2.82 bits per heavy atom. The molecule has 0 spiro atoms. The molecule has 0 bridgehead atoms. The van der Waals surface area contributed by atoms with Crippen LogP contribution in [-0.2, 0) is 6.42 Å². The molecule has 0 amide bonds. The normalized spacial score (nSPS) is 10.5. The van der Waals surface area contributed by atoms with E-state index in [1.54, 1.807) is 32.2 Å². The van der Waals surface area contributed by atoms with Gasteiger partial charge in [-0.2, -0.15) is 4.98 Å². The van der Waals surface area contributed by atoms with E-state index >= 15 is 0 Å². The number of benzene rings is 1. The lowest BCUT2D eigenvalue weighted by molar-refractivity contribution is 0.408. The van der Waals surface area contributed by atoms with Crippen LogP contribution in [0.5, 0.6) is 11.6 Å². The third kappa shape index (κ3) is 3.01. The Balaban J connectivity index is 2.76. The summed E-state index contributed by atoms with van der Waals surface area (Å²) in [6, 6.07) is 7.22. The summed E-state index contributed by atoms with van der Waals surface area (Å²) < 4.78 is 6.82. The van der Waals surface area contributed by atoms with Crippen molar-refractivity contribution in [2.75, 3.05) is 12.9 Å². The largest absolute Gasteiger partial charge is 0.495 e. The highest BCUT2D eigenvalue weighted by Crippen LogP contribution is 2.27. The van der Waals surface area contributed by atoms with Crippen molar-refractivity contribution in [2.24, 2.45) is 0 Å². The van der Waals surface area contributed by atoms with E-state index in [9.17, 15) is 9.90 Å². The number of aromatic nitrogens is 2. The van der Waals surface area contributed by atoms with Crippen LogP contribution >= 0.6 is 11.8 Å². The molecule has 5 nitrogen and oxygen atoms in total. The third-order valence-corrected chi connectivity index (χ3v) is 4.07. The zero-order valence-corrected chi connectivity index (χ0v) is 13.4. The highest BCUT2D eigenvalue weighted by Gasteiger charge is 2.18. The molecular formula is C16H18N2O3S. The van der Waals surface area contributed by atoms with Gasteiger partial charge in [-0.05, 0) is 18.6 Å². The van der Waals surface area contributed by atoms with Crippen LogP contribution in [0.15, 0.2) is 46.9 Å². The highest BCUT2D eigenvalue weighted by molar-refractivity contribution is 7.99. The predicted octanol–water partition coefficient (Wildman–Crippen LogP) is 2.79. The van der Waals surface area contributed by atoms with E-state index in [1.807, 2.05) is 12.1 Å². The van der Waals surface area contributed by atoms with Crippen molar-refractivity contribution < 1.29 is 9.84 Å². The van der Waals surface area contributed by atoms with Gasteiger partial charge in [-0.1, -0.05) is 36.9 Å². The van der Waals surface area contributed by atoms with Gasteiger partial charge in [0.05, 0.1) is 18.4 Å². The second-order valence-electron chi connectivity index (χ2n) is 4.46. The lowest BCUT2D eigenvalue weighted by Crippen LogP contribution is -2.25. The molecule has 1 N–H and O–H groups in total. The fraction of sp³-hybridized carbons (Fsp3) is 0.250. The molecule has 0 aliphatic rings. The Kier molecular flexibility index (Phi) is 5.27. The van der Waals surface area contributed by atoms with Gasteiger partial charge in [0.1, 0.15) is 5.75 Å². The zero-order valence-electron chi connectivity index (χ0n) is 12.6. The summed E-state index contributed by atoms with van der Waals surface area (Å²) in [6.07, 6.45) is 2.12. The van der Waals surface area contributed by atoms with Crippen molar-refractivity contribution >= 4 is 11.8 Å². The van der Waals surface area contributed by atoms with E-state index in [2.05, 4.69) is 11.6 Å². The van der Waals surface area contributed by atoms with Crippen LogP contribution < -0.4 is 10.3 Å². The molecule has 116 valence electrons. The predicted molar refractivity (Wildman–Crippen MR) is 88.3 cm³/mol. The molecule has 0 saturated carbocycles. The maximum atomic E-state index is 12.7. The number of methoxy groups -OCH3 is 1. The van der Waals surface area contributed by atoms with Gasteiger partial charge in [0.15, 0.2) is 5.16 Å². The van der Waals surface area contributed by atoms with Gasteiger partial charge in [0, 0.05) is 5.75 Å². The maximum Gasteiger partial charge on any atom is 0.265 e. The number of hydrogen-bond acceptors (Lipinski definition) is 5. The molecule has 2 aromatic rings. The van der Waals surface area contributed by atoms with Crippen LogP contribution in [0, 0.1) is 0 Å². The van der Waals surface area contributed by atoms with Crippen molar-refractivity contribution in [3.05, 3.63) is 52.8 Å². The quantitative estimate of drug-likeness (QED) is 0.504. The van der Waals surface area contributed by atoms with Crippen molar-refractivity contribution in [3.8, 4) is 17.3 Å². The van der Waals surface area contributed by atoms with Crippen LogP contribution in [0.2, 0.25) is 0 Å². The zero-order chi connectivity index (χ0) is 16.1. The van der Waals surface area contributed by atoms with E-state index in [-0.39, 0.29) is 17.0 Å². The molecule has 1 heterocycles. The number of thioether (sulfide) groups is 1. The summed E-state index contributed by atoms with van der Waals surface area (Å²) in [4.78, 5) is 16.9. The van der Waals surface area contributed by atoms with Gasteiger partial charge in [-0.3, -0.25) is 9.36 Å². The molecule has 0 unspecified atom stereocenters. The van der Waals surface area contributed by atoms with Gasteiger partial charge in [0.2, 0.25) is 5.88 Å². The smallest absolute Gasteiger partial charge is 0.265 e. The molecule has 6 heteroatoms. The third-order valence-electron chi connectivity index (χ3n) is 3.13. The lowest BCUT2D eigenvalue weighted by Gasteiger charge is -2.16. The van der Waals surface area contributed by atoms with Gasteiger partial charge in [0.25, 0.3) is 5.56 Å². The van der Waals surface area contributed by atoms with E-state index in [4.69, 9.17) is 4.74 Å². The van der Waals surface area contributed by atoms with Gasteiger partial charge >= 0.3 is 0 Å². The minimum absolute atomic E-state index is 0.217. The van der Waals surface area contributed by atoms with Crippen molar-refractivity contribution in [1.29, 1.82) is 0 Å². The SMILES string of the molecule is C=CCSc1nc(O)c(CC)c(=O)n1-c1ccccc1OC. The first-order valence-electron chi connectivity index (χ1n) is 6.86. The molecule has 1 aromatic carbocycles. The molecule has 1 aromatic heterocycles. The van der Waals surface area contributed by atoms with Gasteiger partial charge < -0.3 is 9.84 Å². The van der Waals surface area contributed by atoms with E-state index < -0.39 is 0 Å². The number of hydrogen-bond donors (Lipinski definition) is 1. The van der Waals surface area contributed by atoms with Crippen LogP contribution in [0.1, 0.15) is 12.5 Å². The summed E-state index contributed by atoms with van der Waals surface area (Å²) in [5.74, 6) is 0.928. The number of nitrogens with zero attached hydrogens (tertiary/aromatic N) is 2. The maximum absolute atomic E-state index is 12.7. The Labute approximate surface area is 133 Å². The van der Waals surface area contributed by atoms with E-state index in [1.165, 1.54) is 16.3 Å². The molecule has 22 heavy (non-hydrogen) atoms. The van der Waals surface area contributed by atoms with Gasteiger partial charge in [-0.15, -0.1) is 6.58 Å². The summed E-state index contributed by atoms with van der Waals surface area (Å²) in [5, 5.41) is 10.4.